The molecule has 2 nitrogen and oxygen atoms in total. The predicted molar refractivity (Wildman–Crippen MR) is 71.0 cm³/mol. The van der Waals surface area contributed by atoms with Crippen molar-refractivity contribution < 1.29 is 5.11 Å². The monoisotopic (exact) mass is 243 g/mol. The zero-order chi connectivity index (χ0) is 11.6. The van der Waals surface area contributed by atoms with Gasteiger partial charge in [0.25, 0.3) is 0 Å². The van der Waals surface area contributed by atoms with Gasteiger partial charge in [0, 0.05) is 23.1 Å². The molecule has 16 heavy (non-hydrogen) atoms. The minimum absolute atomic E-state index is 0.0695. The molecule has 0 radical (unpaired) electrons. The fourth-order valence-corrected chi connectivity index (χ4v) is 4.00. The Morgan fingerprint density at radius 3 is 2.69 bits per heavy atom. The largest absolute Gasteiger partial charge is 0.391 e. The highest BCUT2D eigenvalue weighted by Gasteiger charge is 2.32. The van der Waals surface area contributed by atoms with Crippen LogP contribution >= 0.6 is 11.8 Å². The van der Waals surface area contributed by atoms with Crippen LogP contribution in [0.2, 0.25) is 0 Å². The molecule has 0 aromatic rings. The van der Waals surface area contributed by atoms with Gasteiger partial charge in [-0.1, -0.05) is 26.7 Å². The average Bonchev–Trinajstić information content (AvgIpc) is 2.40. The summed E-state index contributed by atoms with van der Waals surface area (Å²) in [5.74, 6) is 1.22. The first kappa shape index (κ1) is 12.7. The van der Waals surface area contributed by atoms with Crippen LogP contribution in [-0.4, -0.2) is 45.7 Å². The summed E-state index contributed by atoms with van der Waals surface area (Å²) >= 11 is 2.09. The van der Waals surface area contributed by atoms with Gasteiger partial charge in [-0.05, 0) is 25.8 Å². The summed E-state index contributed by atoms with van der Waals surface area (Å²) < 4.78 is 0.425. The molecule has 3 heteroatoms. The van der Waals surface area contributed by atoms with Gasteiger partial charge in [-0.25, -0.2) is 0 Å². The molecule has 2 atom stereocenters. The van der Waals surface area contributed by atoms with Crippen LogP contribution in [0.15, 0.2) is 0 Å². The van der Waals surface area contributed by atoms with Crippen LogP contribution < -0.4 is 0 Å². The summed E-state index contributed by atoms with van der Waals surface area (Å²) in [6.45, 7) is 7.02. The standard InChI is InChI=1S/C13H25NOS/c1-13(2)7-8-14(9-10-16-13)11-5-3-4-6-12(11)15/h11-12,15H,3-10H2,1-2H3. The normalized spacial score (nSPS) is 36.9. The molecule has 1 aliphatic heterocycles. The molecule has 2 rings (SSSR count). The Bertz CT molecular complexity index is 232. The number of hydrogen-bond donors (Lipinski definition) is 1. The van der Waals surface area contributed by atoms with Crippen LogP contribution in [0, 0.1) is 0 Å². The van der Waals surface area contributed by atoms with Crippen LogP contribution in [0.4, 0.5) is 0 Å². The smallest absolute Gasteiger partial charge is 0.0695 e. The second-order valence-corrected chi connectivity index (χ2v) is 7.62. The lowest BCUT2D eigenvalue weighted by molar-refractivity contribution is 0.0223. The van der Waals surface area contributed by atoms with E-state index in [1.807, 2.05) is 0 Å². The molecule has 1 aliphatic carbocycles. The minimum Gasteiger partial charge on any atom is -0.391 e. The summed E-state index contributed by atoms with van der Waals surface area (Å²) in [5, 5.41) is 10.1. The summed E-state index contributed by atoms with van der Waals surface area (Å²) in [7, 11) is 0. The predicted octanol–water partition coefficient (Wildman–Crippen LogP) is 2.51. The molecular formula is C13H25NOS. The molecule has 2 fully saturated rings. The fraction of sp³-hybridized carbons (Fsp3) is 1.00. The van der Waals surface area contributed by atoms with Gasteiger partial charge in [0.2, 0.25) is 0 Å². The molecule has 1 N–H and O–H groups in total. The topological polar surface area (TPSA) is 23.5 Å². The van der Waals surface area contributed by atoms with E-state index in [0.29, 0.717) is 10.8 Å². The first-order chi connectivity index (χ1) is 7.58. The molecule has 1 saturated heterocycles. The SMILES string of the molecule is CC1(C)CCN(C2CCCCC2O)CCS1. The molecule has 2 unspecified atom stereocenters. The maximum absolute atomic E-state index is 10.1. The van der Waals surface area contributed by atoms with Gasteiger partial charge in [0.15, 0.2) is 0 Å². The zero-order valence-electron chi connectivity index (χ0n) is 10.6. The molecule has 1 heterocycles. The van der Waals surface area contributed by atoms with E-state index in [4.69, 9.17) is 0 Å². The van der Waals surface area contributed by atoms with E-state index in [9.17, 15) is 5.11 Å². The second kappa shape index (κ2) is 5.28. The number of thioether (sulfide) groups is 1. The number of rotatable bonds is 1. The average molecular weight is 243 g/mol. The van der Waals surface area contributed by atoms with E-state index < -0.39 is 0 Å². The van der Waals surface area contributed by atoms with E-state index in [2.05, 4.69) is 30.5 Å². The summed E-state index contributed by atoms with van der Waals surface area (Å²) in [6.07, 6.45) is 5.91. The van der Waals surface area contributed by atoms with Crippen LogP contribution in [0.1, 0.15) is 46.0 Å². The Hall–Kier alpha value is 0.270. The molecule has 0 amide bonds. The number of nitrogens with zero attached hydrogens (tertiary/aromatic N) is 1. The molecule has 0 aromatic carbocycles. The molecule has 1 saturated carbocycles. The summed E-state index contributed by atoms with van der Waals surface area (Å²) in [4.78, 5) is 2.55. The van der Waals surface area contributed by atoms with Crippen molar-refractivity contribution in [2.45, 2.75) is 62.8 Å². The Kier molecular flexibility index (Phi) is 4.20. The van der Waals surface area contributed by atoms with Crippen molar-refractivity contribution in [2.75, 3.05) is 18.8 Å². The van der Waals surface area contributed by atoms with Crippen molar-refractivity contribution in [3.63, 3.8) is 0 Å². The van der Waals surface area contributed by atoms with Crippen molar-refractivity contribution in [2.24, 2.45) is 0 Å². The van der Waals surface area contributed by atoms with Gasteiger partial charge in [-0.3, -0.25) is 4.90 Å². The summed E-state index contributed by atoms with van der Waals surface area (Å²) in [5.41, 5.74) is 0. The quantitative estimate of drug-likeness (QED) is 0.765. The highest BCUT2D eigenvalue weighted by molar-refractivity contribution is 8.00. The van der Waals surface area contributed by atoms with Crippen molar-refractivity contribution in [1.29, 1.82) is 0 Å². The summed E-state index contributed by atoms with van der Waals surface area (Å²) in [6, 6.07) is 0.447. The molecule has 0 bridgehead atoms. The van der Waals surface area contributed by atoms with Crippen molar-refractivity contribution in [3.8, 4) is 0 Å². The lowest BCUT2D eigenvalue weighted by Crippen LogP contribution is -2.46. The van der Waals surface area contributed by atoms with E-state index in [1.165, 1.54) is 38.0 Å². The van der Waals surface area contributed by atoms with E-state index in [1.54, 1.807) is 0 Å². The van der Waals surface area contributed by atoms with Gasteiger partial charge in [-0.15, -0.1) is 0 Å². The van der Waals surface area contributed by atoms with E-state index >= 15 is 0 Å². The number of hydrogen-bond acceptors (Lipinski definition) is 3. The van der Waals surface area contributed by atoms with E-state index in [0.717, 1.165) is 13.0 Å². The Morgan fingerprint density at radius 2 is 1.94 bits per heavy atom. The van der Waals surface area contributed by atoms with Gasteiger partial charge in [0.05, 0.1) is 6.10 Å². The van der Waals surface area contributed by atoms with Crippen molar-refractivity contribution in [1.82, 2.24) is 4.90 Å². The lowest BCUT2D eigenvalue weighted by Gasteiger charge is -2.37. The third-order valence-electron chi connectivity index (χ3n) is 4.04. The Morgan fingerprint density at radius 1 is 1.19 bits per heavy atom. The Labute approximate surface area is 104 Å². The molecule has 94 valence electrons. The highest BCUT2D eigenvalue weighted by Crippen LogP contribution is 2.33. The van der Waals surface area contributed by atoms with E-state index in [-0.39, 0.29) is 6.10 Å². The number of aliphatic hydroxyl groups is 1. The Balaban J connectivity index is 1.93. The third-order valence-corrected chi connectivity index (χ3v) is 5.41. The molecule has 0 aromatic heterocycles. The van der Waals surface area contributed by atoms with Gasteiger partial charge in [-0.2, -0.15) is 11.8 Å². The van der Waals surface area contributed by atoms with Crippen LogP contribution in [-0.2, 0) is 0 Å². The third kappa shape index (κ3) is 3.14. The van der Waals surface area contributed by atoms with Gasteiger partial charge < -0.3 is 5.11 Å². The maximum atomic E-state index is 10.1. The molecule has 2 aliphatic rings. The minimum atomic E-state index is -0.0695. The van der Waals surface area contributed by atoms with Crippen LogP contribution in [0.5, 0.6) is 0 Å². The number of aliphatic hydroxyl groups excluding tert-OH is 1. The fourth-order valence-electron chi connectivity index (χ4n) is 2.89. The lowest BCUT2D eigenvalue weighted by atomic mass is 9.91. The maximum Gasteiger partial charge on any atom is 0.0695 e. The second-order valence-electron chi connectivity index (χ2n) is 5.81. The van der Waals surface area contributed by atoms with Crippen LogP contribution in [0.3, 0.4) is 0 Å². The van der Waals surface area contributed by atoms with Crippen LogP contribution in [0.25, 0.3) is 0 Å². The van der Waals surface area contributed by atoms with Crippen molar-refractivity contribution in [3.05, 3.63) is 0 Å². The highest BCUT2D eigenvalue weighted by atomic mass is 32.2. The first-order valence-corrected chi connectivity index (χ1v) is 7.63. The first-order valence-electron chi connectivity index (χ1n) is 6.65. The molecular weight excluding hydrogens is 218 g/mol. The van der Waals surface area contributed by atoms with Gasteiger partial charge >= 0.3 is 0 Å². The van der Waals surface area contributed by atoms with Crippen molar-refractivity contribution >= 4 is 11.8 Å². The zero-order valence-corrected chi connectivity index (χ0v) is 11.4. The van der Waals surface area contributed by atoms with Gasteiger partial charge in [0.1, 0.15) is 0 Å². The molecule has 0 spiro atoms.